The third-order valence-corrected chi connectivity index (χ3v) is 6.79. The van der Waals surface area contributed by atoms with Gasteiger partial charge in [-0.25, -0.2) is 0 Å². The lowest BCUT2D eigenvalue weighted by Crippen LogP contribution is -2.41. The summed E-state index contributed by atoms with van der Waals surface area (Å²) in [5, 5.41) is 9.90. The Morgan fingerprint density at radius 3 is 2.37 bits per heavy atom. The second kappa shape index (κ2) is 11.3. The summed E-state index contributed by atoms with van der Waals surface area (Å²) in [6.07, 6.45) is 1.73. The lowest BCUT2D eigenvalue weighted by molar-refractivity contribution is -0.0551. The van der Waals surface area contributed by atoms with Gasteiger partial charge in [0.05, 0.1) is 18.8 Å². The van der Waals surface area contributed by atoms with Crippen molar-refractivity contribution in [2.75, 3.05) is 27.3 Å². The van der Waals surface area contributed by atoms with Crippen molar-refractivity contribution >= 4 is 29.4 Å². The van der Waals surface area contributed by atoms with Crippen LogP contribution in [0.25, 0.3) is 33.6 Å². The summed E-state index contributed by atoms with van der Waals surface area (Å²) in [6, 6.07) is 19.0. The lowest BCUT2D eigenvalue weighted by Gasteiger charge is -2.34. The van der Waals surface area contributed by atoms with Crippen LogP contribution in [-0.4, -0.2) is 49.2 Å². The van der Waals surface area contributed by atoms with Crippen LogP contribution in [0.15, 0.2) is 65.2 Å². The highest BCUT2D eigenvalue weighted by Crippen LogP contribution is 2.36. The first-order valence-electron chi connectivity index (χ1n) is 12.3. The highest BCUT2D eigenvalue weighted by Gasteiger charge is 2.31. The molecule has 2 atom stereocenters. The zero-order valence-electron chi connectivity index (χ0n) is 21.8. The number of hydrogen-bond donors (Lipinski definition) is 0. The SMILES string of the molecule is CC1COCC(C)C1Oc1ccc(-c2ccnc3cc(-c4ccc(C(=O)N(C)C)cc4)oc23)cc1C#N.Cl. The van der Waals surface area contributed by atoms with Crippen LogP contribution in [0.3, 0.4) is 0 Å². The molecule has 3 heterocycles. The molecule has 1 amide bonds. The molecule has 2 aromatic heterocycles. The van der Waals surface area contributed by atoms with E-state index in [0.717, 1.165) is 16.7 Å². The van der Waals surface area contributed by atoms with Crippen molar-refractivity contribution in [3.8, 4) is 34.3 Å². The molecule has 1 saturated heterocycles. The van der Waals surface area contributed by atoms with Gasteiger partial charge in [-0.3, -0.25) is 9.78 Å². The van der Waals surface area contributed by atoms with Crippen LogP contribution in [-0.2, 0) is 4.74 Å². The molecule has 1 aliphatic heterocycles. The number of amides is 1. The second-order valence-electron chi connectivity index (χ2n) is 9.86. The smallest absolute Gasteiger partial charge is 0.253 e. The molecular formula is C30H30ClN3O4. The summed E-state index contributed by atoms with van der Waals surface area (Å²) in [4.78, 5) is 18.2. The monoisotopic (exact) mass is 531 g/mol. The van der Waals surface area contributed by atoms with Gasteiger partial charge >= 0.3 is 0 Å². The number of hydrogen-bond acceptors (Lipinski definition) is 6. The third kappa shape index (κ3) is 5.24. The maximum absolute atomic E-state index is 12.2. The van der Waals surface area contributed by atoms with Gasteiger partial charge in [0.1, 0.15) is 29.2 Å². The Labute approximate surface area is 228 Å². The van der Waals surface area contributed by atoms with Gasteiger partial charge < -0.3 is 18.8 Å². The van der Waals surface area contributed by atoms with E-state index in [1.807, 2.05) is 42.5 Å². The molecule has 7 nitrogen and oxygen atoms in total. The predicted octanol–water partition coefficient (Wildman–Crippen LogP) is 6.21. The average molecular weight is 532 g/mol. The first-order chi connectivity index (χ1) is 17.9. The minimum Gasteiger partial charge on any atom is -0.488 e. The third-order valence-electron chi connectivity index (χ3n) is 6.79. The van der Waals surface area contributed by atoms with Crippen LogP contribution in [0.4, 0.5) is 0 Å². The molecule has 196 valence electrons. The standard InChI is InChI=1S/C30H29N3O4.ClH/c1-18-16-35-17-19(2)28(18)36-26-10-9-22(13-23(26)15-31)24-11-12-32-25-14-27(37-29(24)25)20-5-7-21(8-6-20)30(34)33(3)4;/h5-14,18-19,28H,16-17H2,1-4H3;1H. The van der Waals surface area contributed by atoms with E-state index in [2.05, 4.69) is 24.9 Å². The van der Waals surface area contributed by atoms with Crippen molar-refractivity contribution in [2.45, 2.75) is 20.0 Å². The molecule has 2 unspecified atom stereocenters. The molecule has 0 N–H and O–H groups in total. The minimum absolute atomic E-state index is 0. The van der Waals surface area contributed by atoms with Crippen molar-refractivity contribution in [1.82, 2.24) is 9.88 Å². The molecule has 8 heteroatoms. The number of rotatable bonds is 5. The highest BCUT2D eigenvalue weighted by atomic mass is 35.5. The van der Waals surface area contributed by atoms with Crippen LogP contribution in [0.2, 0.25) is 0 Å². The zero-order valence-corrected chi connectivity index (χ0v) is 22.6. The average Bonchev–Trinajstić information content (AvgIpc) is 3.35. The quantitative estimate of drug-likeness (QED) is 0.304. The fourth-order valence-electron chi connectivity index (χ4n) is 4.80. The lowest BCUT2D eigenvalue weighted by atomic mass is 9.92. The van der Waals surface area contributed by atoms with Gasteiger partial charge in [-0.1, -0.05) is 32.0 Å². The molecule has 1 fully saturated rings. The van der Waals surface area contributed by atoms with E-state index >= 15 is 0 Å². The van der Waals surface area contributed by atoms with Crippen molar-refractivity contribution in [3.63, 3.8) is 0 Å². The summed E-state index contributed by atoms with van der Waals surface area (Å²) in [5.74, 6) is 1.66. The fourth-order valence-corrected chi connectivity index (χ4v) is 4.80. The number of carbonyl (C=O) groups is 1. The molecule has 0 aliphatic carbocycles. The Bertz CT molecular complexity index is 1480. The Morgan fingerprint density at radius 1 is 1.03 bits per heavy atom. The topological polar surface area (TPSA) is 88.6 Å². The first kappa shape index (κ1) is 27.2. The number of benzene rings is 2. The van der Waals surface area contributed by atoms with Gasteiger partial charge in [0.2, 0.25) is 0 Å². The summed E-state index contributed by atoms with van der Waals surface area (Å²) in [7, 11) is 3.45. The maximum atomic E-state index is 12.2. The highest BCUT2D eigenvalue weighted by molar-refractivity contribution is 5.95. The van der Waals surface area contributed by atoms with E-state index in [9.17, 15) is 10.1 Å². The molecule has 0 radical (unpaired) electrons. The van der Waals surface area contributed by atoms with Crippen molar-refractivity contribution in [2.24, 2.45) is 11.8 Å². The van der Waals surface area contributed by atoms with E-state index in [-0.39, 0.29) is 36.3 Å². The van der Waals surface area contributed by atoms with Gasteiger partial charge in [0, 0.05) is 54.9 Å². The van der Waals surface area contributed by atoms with Crippen LogP contribution < -0.4 is 4.74 Å². The molecule has 2 aromatic carbocycles. The number of pyridine rings is 1. The number of nitriles is 1. The van der Waals surface area contributed by atoms with Crippen molar-refractivity contribution in [1.29, 1.82) is 5.26 Å². The van der Waals surface area contributed by atoms with E-state index < -0.39 is 0 Å². The molecule has 1 aliphatic rings. The predicted molar refractivity (Wildman–Crippen MR) is 148 cm³/mol. The number of carbonyl (C=O) groups excluding carboxylic acids is 1. The number of fused-ring (bicyclic) bond motifs is 1. The van der Waals surface area contributed by atoms with Crippen LogP contribution >= 0.6 is 12.4 Å². The number of aromatic nitrogens is 1. The van der Waals surface area contributed by atoms with Crippen molar-refractivity contribution in [3.05, 3.63) is 71.9 Å². The van der Waals surface area contributed by atoms with Crippen LogP contribution in [0, 0.1) is 23.2 Å². The van der Waals surface area contributed by atoms with Crippen LogP contribution in [0.5, 0.6) is 5.75 Å². The number of halogens is 1. The molecule has 0 spiro atoms. The van der Waals surface area contributed by atoms with Gasteiger partial charge in [0.15, 0.2) is 5.58 Å². The van der Waals surface area contributed by atoms with Gasteiger partial charge in [-0.2, -0.15) is 5.26 Å². The van der Waals surface area contributed by atoms with Gasteiger partial charge in [0.25, 0.3) is 5.91 Å². The Hall–Kier alpha value is -3.86. The van der Waals surface area contributed by atoms with E-state index in [1.165, 1.54) is 0 Å². The molecule has 38 heavy (non-hydrogen) atoms. The van der Waals surface area contributed by atoms with Gasteiger partial charge in [-0.15, -0.1) is 12.4 Å². The van der Waals surface area contributed by atoms with Gasteiger partial charge in [-0.05, 0) is 35.9 Å². The zero-order chi connectivity index (χ0) is 26.1. The fraction of sp³-hybridized carbons (Fsp3) is 0.300. The number of ether oxygens (including phenoxy) is 2. The number of nitrogens with zero attached hydrogens (tertiary/aromatic N) is 3. The number of furan rings is 1. The summed E-state index contributed by atoms with van der Waals surface area (Å²) < 4.78 is 18.2. The van der Waals surface area contributed by atoms with Crippen molar-refractivity contribution < 1.29 is 18.7 Å². The van der Waals surface area contributed by atoms with E-state index in [0.29, 0.717) is 47.0 Å². The summed E-state index contributed by atoms with van der Waals surface area (Å²) in [5.41, 5.74) is 4.96. The van der Waals surface area contributed by atoms with Crippen LogP contribution in [0.1, 0.15) is 29.8 Å². The largest absolute Gasteiger partial charge is 0.488 e. The molecule has 5 rings (SSSR count). The summed E-state index contributed by atoms with van der Waals surface area (Å²) in [6.45, 7) is 5.52. The Balaban J connectivity index is 0.00000336. The Morgan fingerprint density at radius 2 is 1.71 bits per heavy atom. The Kier molecular flexibility index (Phi) is 8.05. The molecule has 0 saturated carbocycles. The van der Waals surface area contributed by atoms with E-state index in [1.54, 1.807) is 37.3 Å². The van der Waals surface area contributed by atoms with E-state index in [4.69, 9.17) is 13.9 Å². The summed E-state index contributed by atoms with van der Waals surface area (Å²) >= 11 is 0. The maximum Gasteiger partial charge on any atom is 0.253 e. The first-order valence-corrected chi connectivity index (χ1v) is 12.3. The second-order valence-corrected chi connectivity index (χ2v) is 9.86. The minimum atomic E-state index is -0.0541. The molecule has 0 bridgehead atoms. The normalized spacial score (nSPS) is 18.9. The molecule has 4 aromatic rings. The molecular weight excluding hydrogens is 502 g/mol.